The molecular formula is C2H5NO3. The Morgan fingerprint density at radius 3 is 2.50 bits per heavy atom. The number of hydrogen-bond acceptors (Lipinski definition) is 3. The van der Waals surface area contributed by atoms with Gasteiger partial charge >= 0.3 is 6.09 Å². The first-order valence-electron chi connectivity index (χ1n) is 1.34. The maximum absolute atomic E-state index is 9.60. The molecule has 36 valence electrons. The van der Waals surface area contributed by atoms with Crippen LogP contribution in [0.4, 0.5) is 4.79 Å². The maximum Gasteiger partial charge on any atom is 0.438 e. The zero-order chi connectivity index (χ0) is 4.99. The molecule has 0 atom stereocenters. The van der Waals surface area contributed by atoms with Crippen molar-refractivity contribution in [2.75, 3.05) is 7.05 Å². The molecule has 0 aromatic carbocycles. The lowest BCUT2D eigenvalue weighted by Gasteiger charge is -1.87. The molecule has 0 aliphatic heterocycles. The monoisotopic (exact) mass is 91.0 g/mol. The SMILES string of the molecule is CNC(=O)OO. The molecule has 0 saturated heterocycles. The largest absolute Gasteiger partial charge is 0.438 e. The predicted molar refractivity (Wildman–Crippen MR) is 18.2 cm³/mol. The van der Waals surface area contributed by atoms with E-state index in [4.69, 9.17) is 5.26 Å². The fraction of sp³-hybridized carbons (Fsp3) is 0.500. The third kappa shape index (κ3) is 1.54. The minimum atomic E-state index is -0.852. The first-order chi connectivity index (χ1) is 2.81. The molecule has 0 aromatic rings. The Bertz CT molecular complexity index is 46.8. The Labute approximate surface area is 34.7 Å². The molecule has 2 N–H and O–H groups in total. The van der Waals surface area contributed by atoms with Crippen LogP contribution in [0.2, 0.25) is 0 Å². The van der Waals surface area contributed by atoms with Crippen molar-refractivity contribution in [3.63, 3.8) is 0 Å². The summed E-state index contributed by atoms with van der Waals surface area (Å²) in [5.74, 6) is 0. The van der Waals surface area contributed by atoms with Gasteiger partial charge in [0.25, 0.3) is 0 Å². The van der Waals surface area contributed by atoms with Crippen molar-refractivity contribution in [3.05, 3.63) is 0 Å². The Morgan fingerprint density at radius 1 is 2.00 bits per heavy atom. The fourth-order valence-electron chi connectivity index (χ4n) is 0.0456. The van der Waals surface area contributed by atoms with Crippen LogP contribution in [0.15, 0.2) is 0 Å². The van der Waals surface area contributed by atoms with Gasteiger partial charge < -0.3 is 5.32 Å². The average Bonchev–Trinajstić information content (AvgIpc) is 1.65. The van der Waals surface area contributed by atoms with Gasteiger partial charge in [-0.05, 0) is 0 Å². The molecule has 0 aromatic heterocycles. The molecule has 4 nitrogen and oxygen atoms in total. The molecule has 0 aliphatic carbocycles. The molecule has 4 heteroatoms. The molecule has 0 spiro atoms. The summed E-state index contributed by atoms with van der Waals surface area (Å²) in [6, 6.07) is 0. The second-order valence-electron chi connectivity index (χ2n) is 0.629. The van der Waals surface area contributed by atoms with Crippen LogP contribution in [-0.2, 0) is 4.89 Å². The Balaban J connectivity index is 2.99. The highest BCUT2D eigenvalue weighted by molar-refractivity contribution is 5.65. The van der Waals surface area contributed by atoms with Crippen LogP contribution in [0.5, 0.6) is 0 Å². The normalized spacial score (nSPS) is 7.00. The molecule has 6 heavy (non-hydrogen) atoms. The highest BCUT2D eigenvalue weighted by Crippen LogP contribution is 1.61. The van der Waals surface area contributed by atoms with E-state index in [0.717, 1.165) is 0 Å². The Kier molecular flexibility index (Phi) is 2.15. The van der Waals surface area contributed by atoms with Crippen molar-refractivity contribution in [3.8, 4) is 0 Å². The second kappa shape index (κ2) is 2.47. The standard InChI is InChI=1S/C2H5NO3/c1-3-2(4)6-5/h5H,1H3,(H,3,4). The van der Waals surface area contributed by atoms with E-state index in [-0.39, 0.29) is 0 Å². The van der Waals surface area contributed by atoms with Crippen molar-refractivity contribution < 1.29 is 14.9 Å². The maximum atomic E-state index is 9.60. The quantitative estimate of drug-likeness (QED) is 0.321. The van der Waals surface area contributed by atoms with Gasteiger partial charge in [0.05, 0.1) is 0 Å². The van der Waals surface area contributed by atoms with Crippen LogP contribution in [-0.4, -0.2) is 18.4 Å². The van der Waals surface area contributed by atoms with E-state index in [1.54, 1.807) is 0 Å². The van der Waals surface area contributed by atoms with Crippen LogP contribution >= 0.6 is 0 Å². The van der Waals surface area contributed by atoms with Crippen molar-refractivity contribution >= 4 is 6.09 Å². The molecule has 0 aliphatic rings. The van der Waals surface area contributed by atoms with Gasteiger partial charge in [0, 0.05) is 7.05 Å². The van der Waals surface area contributed by atoms with Gasteiger partial charge in [0.2, 0.25) is 0 Å². The number of nitrogens with one attached hydrogen (secondary N) is 1. The summed E-state index contributed by atoms with van der Waals surface area (Å²) in [6.07, 6.45) is -0.852. The summed E-state index contributed by atoms with van der Waals surface area (Å²) >= 11 is 0. The minimum absolute atomic E-state index is 0.852. The van der Waals surface area contributed by atoms with Gasteiger partial charge in [0.1, 0.15) is 0 Å². The molecule has 0 heterocycles. The van der Waals surface area contributed by atoms with E-state index in [0.29, 0.717) is 0 Å². The summed E-state index contributed by atoms with van der Waals surface area (Å²) in [7, 11) is 1.35. The number of amides is 1. The van der Waals surface area contributed by atoms with E-state index < -0.39 is 6.09 Å². The number of carbonyl (C=O) groups excluding carboxylic acids is 1. The zero-order valence-electron chi connectivity index (χ0n) is 3.26. The van der Waals surface area contributed by atoms with Gasteiger partial charge in [-0.3, -0.25) is 4.89 Å². The summed E-state index contributed by atoms with van der Waals surface area (Å²) < 4.78 is 0. The van der Waals surface area contributed by atoms with Crippen LogP contribution in [0.25, 0.3) is 0 Å². The lowest BCUT2D eigenvalue weighted by atomic mass is 11.1. The number of rotatable bonds is 0. The molecular weight excluding hydrogens is 86.0 g/mol. The van der Waals surface area contributed by atoms with Crippen LogP contribution in [0.3, 0.4) is 0 Å². The highest BCUT2D eigenvalue weighted by Gasteiger charge is 1.88. The van der Waals surface area contributed by atoms with Crippen molar-refractivity contribution in [1.82, 2.24) is 5.32 Å². The lowest BCUT2D eigenvalue weighted by Crippen LogP contribution is -2.16. The highest BCUT2D eigenvalue weighted by atomic mass is 17.1. The van der Waals surface area contributed by atoms with E-state index in [1.165, 1.54) is 7.05 Å². The zero-order valence-corrected chi connectivity index (χ0v) is 3.26. The van der Waals surface area contributed by atoms with Crippen molar-refractivity contribution in [1.29, 1.82) is 0 Å². The van der Waals surface area contributed by atoms with E-state index >= 15 is 0 Å². The molecule has 0 radical (unpaired) electrons. The van der Waals surface area contributed by atoms with Crippen molar-refractivity contribution in [2.24, 2.45) is 0 Å². The predicted octanol–water partition coefficient (Wildman–Crippen LogP) is -0.185. The first kappa shape index (κ1) is 5.23. The van der Waals surface area contributed by atoms with E-state index in [1.807, 2.05) is 5.32 Å². The van der Waals surface area contributed by atoms with E-state index in [2.05, 4.69) is 4.89 Å². The van der Waals surface area contributed by atoms with Gasteiger partial charge in [-0.2, -0.15) is 5.26 Å². The summed E-state index contributed by atoms with van der Waals surface area (Å²) in [6.45, 7) is 0. The molecule has 0 rings (SSSR count). The van der Waals surface area contributed by atoms with Crippen LogP contribution in [0.1, 0.15) is 0 Å². The number of carbonyl (C=O) groups is 1. The van der Waals surface area contributed by atoms with Gasteiger partial charge in [0.15, 0.2) is 0 Å². The molecule has 0 unspecified atom stereocenters. The van der Waals surface area contributed by atoms with Crippen LogP contribution < -0.4 is 5.32 Å². The van der Waals surface area contributed by atoms with Crippen molar-refractivity contribution in [2.45, 2.75) is 0 Å². The Hall–Kier alpha value is -0.770. The fourth-order valence-corrected chi connectivity index (χ4v) is 0.0456. The number of hydrogen-bond donors (Lipinski definition) is 2. The molecule has 1 amide bonds. The van der Waals surface area contributed by atoms with Gasteiger partial charge in [-0.1, -0.05) is 0 Å². The average molecular weight is 91.1 g/mol. The molecule has 0 saturated carbocycles. The van der Waals surface area contributed by atoms with E-state index in [9.17, 15) is 4.79 Å². The van der Waals surface area contributed by atoms with Gasteiger partial charge in [-0.15, -0.1) is 0 Å². The first-order valence-corrected chi connectivity index (χ1v) is 1.34. The summed E-state index contributed by atoms with van der Waals surface area (Å²) in [5.41, 5.74) is 0. The minimum Gasteiger partial charge on any atom is -0.322 e. The van der Waals surface area contributed by atoms with Gasteiger partial charge in [-0.25, -0.2) is 4.79 Å². The summed E-state index contributed by atoms with van der Waals surface area (Å²) in [4.78, 5) is 12.7. The summed E-state index contributed by atoms with van der Waals surface area (Å²) in [5, 5.41) is 9.43. The molecule has 0 fully saturated rings. The molecule has 0 bridgehead atoms. The van der Waals surface area contributed by atoms with Crippen LogP contribution in [0, 0.1) is 0 Å². The smallest absolute Gasteiger partial charge is 0.322 e. The second-order valence-corrected chi connectivity index (χ2v) is 0.629. The topological polar surface area (TPSA) is 58.6 Å². The third-order valence-electron chi connectivity index (χ3n) is 0.287. The lowest BCUT2D eigenvalue weighted by molar-refractivity contribution is -0.177. The third-order valence-corrected chi connectivity index (χ3v) is 0.287. The Morgan fingerprint density at radius 2 is 2.50 bits per heavy atom.